The first-order valence-electron chi connectivity index (χ1n) is 8.07. The Balaban J connectivity index is 1.54. The van der Waals surface area contributed by atoms with E-state index in [1.807, 2.05) is 24.3 Å². The summed E-state index contributed by atoms with van der Waals surface area (Å²) in [4.78, 5) is 24.6. The molecule has 1 amide bonds. The van der Waals surface area contributed by atoms with Crippen LogP contribution < -0.4 is 10.9 Å². The number of nitrogens with zero attached hydrogens (tertiary/aromatic N) is 2. The zero-order valence-corrected chi connectivity index (χ0v) is 13.2. The van der Waals surface area contributed by atoms with Gasteiger partial charge in [0.15, 0.2) is 0 Å². The van der Waals surface area contributed by atoms with Crippen LogP contribution in [0.1, 0.15) is 17.5 Å². The predicted octanol–water partition coefficient (Wildman–Crippen LogP) is 2.52. The van der Waals surface area contributed by atoms with Crippen LogP contribution in [0.5, 0.6) is 0 Å². The van der Waals surface area contributed by atoms with Gasteiger partial charge in [-0.2, -0.15) is 5.10 Å². The number of benzene rings is 2. The minimum atomic E-state index is -0.253. The number of amides is 1. The molecule has 0 bridgehead atoms. The summed E-state index contributed by atoms with van der Waals surface area (Å²) in [5.74, 6) is -0.252. The smallest absolute Gasteiger partial charge is 0.275 e. The van der Waals surface area contributed by atoms with Crippen molar-refractivity contribution in [1.82, 2.24) is 9.78 Å². The fourth-order valence-electron chi connectivity index (χ4n) is 3.23. The maximum atomic E-state index is 12.4. The van der Waals surface area contributed by atoms with Crippen LogP contribution >= 0.6 is 0 Å². The number of hydrogen-bond acceptors (Lipinski definition) is 3. The van der Waals surface area contributed by atoms with Crippen LogP contribution in [-0.4, -0.2) is 15.7 Å². The van der Waals surface area contributed by atoms with Gasteiger partial charge in [-0.25, -0.2) is 4.68 Å². The molecule has 3 aromatic rings. The van der Waals surface area contributed by atoms with Crippen molar-refractivity contribution in [2.45, 2.75) is 25.8 Å². The number of aromatic nitrogens is 2. The molecule has 0 saturated heterocycles. The first-order chi connectivity index (χ1) is 11.7. The summed E-state index contributed by atoms with van der Waals surface area (Å²) >= 11 is 0. The van der Waals surface area contributed by atoms with Crippen molar-refractivity contribution in [2.75, 3.05) is 5.32 Å². The molecule has 5 nitrogen and oxygen atoms in total. The van der Waals surface area contributed by atoms with Gasteiger partial charge in [0.25, 0.3) is 5.56 Å². The lowest BCUT2D eigenvalue weighted by Crippen LogP contribution is -2.29. The molecule has 24 heavy (non-hydrogen) atoms. The van der Waals surface area contributed by atoms with Crippen LogP contribution in [0.4, 0.5) is 5.69 Å². The number of nitrogens with one attached hydrogen (secondary N) is 1. The summed E-state index contributed by atoms with van der Waals surface area (Å²) in [6.45, 7) is -0.0965. The molecule has 0 unspecified atom stereocenters. The lowest BCUT2D eigenvalue weighted by atomic mass is 10.1. The highest BCUT2D eigenvalue weighted by Crippen LogP contribution is 2.24. The fraction of sp³-hybridized carbons (Fsp3) is 0.211. The molecule has 0 radical (unpaired) electrons. The van der Waals surface area contributed by atoms with Gasteiger partial charge in [0, 0.05) is 11.1 Å². The van der Waals surface area contributed by atoms with Crippen LogP contribution in [0.2, 0.25) is 0 Å². The minimum absolute atomic E-state index is 0.0965. The number of carbonyl (C=O) groups excluding carboxylic acids is 1. The molecule has 1 aromatic heterocycles. The van der Waals surface area contributed by atoms with Crippen molar-refractivity contribution >= 4 is 22.4 Å². The van der Waals surface area contributed by atoms with Crippen molar-refractivity contribution in [1.29, 1.82) is 0 Å². The summed E-state index contributed by atoms with van der Waals surface area (Å²) in [7, 11) is 0. The molecule has 0 aliphatic heterocycles. The molecule has 1 aliphatic carbocycles. The van der Waals surface area contributed by atoms with Crippen molar-refractivity contribution in [3.8, 4) is 0 Å². The van der Waals surface area contributed by atoms with Crippen LogP contribution in [0.3, 0.4) is 0 Å². The lowest BCUT2D eigenvalue weighted by molar-refractivity contribution is -0.117. The Kier molecular flexibility index (Phi) is 3.61. The molecule has 1 heterocycles. The van der Waals surface area contributed by atoms with Crippen molar-refractivity contribution in [3.63, 3.8) is 0 Å². The molecule has 0 fully saturated rings. The van der Waals surface area contributed by atoms with Crippen molar-refractivity contribution < 1.29 is 4.79 Å². The van der Waals surface area contributed by atoms with E-state index >= 15 is 0 Å². The third-order valence-corrected chi connectivity index (χ3v) is 4.44. The van der Waals surface area contributed by atoms with E-state index in [4.69, 9.17) is 0 Å². The molecule has 4 rings (SSSR count). The molecular weight excluding hydrogens is 302 g/mol. The third kappa shape index (κ3) is 2.69. The molecule has 0 atom stereocenters. The van der Waals surface area contributed by atoms with Crippen LogP contribution in [0.15, 0.2) is 53.5 Å². The quantitative estimate of drug-likeness (QED) is 0.807. The second kappa shape index (κ2) is 5.92. The van der Waals surface area contributed by atoms with E-state index in [0.29, 0.717) is 5.39 Å². The average Bonchev–Trinajstić information content (AvgIpc) is 3.05. The predicted molar refractivity (Wildman–Crippen MR) is 93.1 cm³/mol. The molecular formula is C19H17N3O2. The van der Waals surface area contributed by atoms with Crippen molar-refractivity contribution in [2.24, 2.45) is 0 Å². The third-order valence-electron chi connectivity index (χ3n) is 4.44. The van der Waals surface area contributed by atoms with E-state index in [1.165, 1.54) is 22.2 Å². The van der Waals surface area contributed by atoms with Gasteiger partial charge in [0.1, 0.15) is 6.54 Å². The molecule has 5 heteroatoms. The Hall–Kier alpha value is -2.95. The number of anilines is 1. The fourth-order valence-corrected chi connectivity index (χ4v) is 3.23. The van der Waals surface area contributed by atoms with E-state index in [2.05, 4.69) is 16.5 Å². The van der Waals surface area contributed by atoms with Crippen molar-refractivity contribution in [3.05, 3.63) is 70.1 Å². The molecule has 0 spiro atoms. The topological polar surface area (TPSA) is 64.0 Å². The first kappa shape index (κ1) is 14.6. The molecule has 0 saturated carbocycles. The number of carbonyl (C=O) groups is 1. The van der Waals surface area contributed by atoms with E-state index in [0.717, 1.165) is 23.9 Å². The van der Waals surface area contributed by atoms with E-state index < -0.39 is 0 Å². The van der Waals surface area contributed by atoms with Crippen LogP contribution in [0, 0.1) is 0 Å². The number of rotatable bonds is 3. The van der Waals surface area contributed by atoms with E-state index in [-0.39, 0.29) is 18.0 Å². The van der Waals surface area contributed by atoms with E-state index in [9.17, 15) is 9.59 Å². The Morgan fingerprint density at radius 1 is 1.12 bits per heavy atom. The zero-order valence-electron chi connectivity index (χ0n) is 13.2. The molecule has 2 aromatic carbocycles. The summed E-state index contributed by atoms with van der Waals surface area (Å²) in [6, 6.07) is 13.2. The Morgan fingerprint density at radius 3 is 2.88 bits per heavy atom. The standard InChI is InChI=1S/C19H17N3O2/c23-18(21-16-9-8-13-5-3-6-14(13)10-16)12-22-19(24)17-7-2-1-4-15(17)11-20-22/h1-2,4,7-11H,3,5-6,12H2,(H,21,23). The van der Waals surface area contributed by atoms with Crippen LogP contribution in [-0.2, 0) is 24.2 Å². The van der Waals surface area contributed by atoms with Gasteiger partial charge >= 0.3 is 0 Å². The number of fused-ring (bicyclic) bond motifs is 2. The maximum absolute atomic E-state index is 12.4. The lowest BCUT2D eigenvalue weighted by Gasteiger charge is -2.09. The summed E-state index contributed by atoms with van der Waals surface area (Å²) in [5, 5.41) is 8.29. The highest BCUT2D eigenvalue weighted by Gasteiger charge is 2.13. The van der Waals surface area contributed by atoms with Gasteiger partial charge in [-0.15, -0.1) is 0 Å². The summed E-state index contributed by atoms with van der Waals surface area (Å²) in [5.41, 5.74) is 3.18. The number of hydrogen-bond donors (Lipinski definition) is 1. The monoisotopic (exact) mass is 319 g/mol. The van der Waals surface area contributed by atoms with Gasteiger partial charge in [0.05, 0.1) is 11.6 Å². The second-order valence-corrected chi connectivity index (χ2v) is 6.08. The van der Waals surface area contributed by atoms with Gasteiger partial charge in [0.2, 0.25) is 5.91 Å². The van der Waals surface area contributed by atoms with Gasteiger partial charge < -0.3 is 5.32 Å². The second-order valence-electron chi connectivity index (χ2n) is 6.08. The SMILES string of the molecule is O=C(Cn1ncc2ccccc2c1=O)Nc1ccc2c(c1)CCC2. The maximum Gasteiger partial charge on any atom is 0.275 e. The summed E-state index contributed by atoms with van der Waals surface area (Å²) < 4.78 is 1.20. The van der Waals surface area contributed by atoms with Gasteiger partial charge in [-0.1, -0.05) is 24.3 Å². The molecule has 1 aliphatic rings. The Labute approximate surface area is 138 Å². The van der Waals surface area contributed by atoms with Gasteiger partial charge in [-0.3, -0.25) is 9.59 Å². The Bertz CT molecular complexity index is 991. The first-order valence-corrected chi connectivity index (χ1v) is 8.07. The minimum Gasteiger partial charge on any atom is -0.324 e. The average molecular weight is 319 g/mol. The highest BCUT2D eigenvalue weighted by atomic mass is 16.2. The highest BCUT2D eigenvalue weighted by molar-refractivity contribution is 5.91. The normalized spacial score (nSPS) is 13.0. The Morgan fingerprint density at radius 2 is 1.96 bits per heavy atom. The largest absolute Gasteiger partial charge is 0.324 e. The van der Waals surface area contributed by atoms with Crippen LogP contribution in [0.25, 0.3) is 10.8 Å². The zero-order chi connectivity index (χ0) is 16.5. The number of aryl methyl sites for hydroxylation is 2. The molecule has 1 N–H and O–H groups in total. The van der Waals surface area contributed by atoms with E-state index in [1.54, 1.807) is 18.3 Å². The van der Waals surface area contributed by atoms with Gasteiger partial charge in [-0.05, 0) is 48.6 Å². The molecule has 120 valence electrons. The summed E-state index contributed by atoms with van der Waals surface area (Å²) in [6.07, 6.45) is 4.95.